The summed E-state index contributed by atoms with van der Waals surface area (Å²) in [5.41, 5.74) is 0.791. The molecule has 1 aromatic rings. The van der Waals surface area contributed by atoms with Gasteiger partial charge >= 0.3 is 5.97 Å². The molecule has 21 heavy (non-hydrogen) atoms. The Bertz CT molecular complexity index is 520. The molecule has 2 heterocycles. The largest absolute Gasteiger partial charge is 0.481 e. The molecule has 1 saturated heterocycles. The number of carboxylic acids is 1. The number of hydrogen-bond donors (Lipinski definition) is 2. The average molecular weight is 311 g/mol. The zero-order valence-electron chi connectivity index (χ0n) is 12.0. The van der Waals surface area contributed by atoms with Crippen molar-refractivity contribution < 1.29 is 15.0 Å². The van der Waals surface area contributed by atoms with Crippen molar-refractivity contribution in [1.29, 1.82) is 0 Å². The maximum atomic E-state index is 11.2. The van der Waals surface area contributed by atoms with Gasteiger partial charge in [-0.15, -0.1) is 11.3 Å². The fourth-order valence-electron chi connectivity index (χ4n) is 3.12. The fraction of sp³-hybridized carbons (Fsp3) is 0.714. The van der Waals surface area contributed by atoms with Crippen molar-refractivity contribution in [2.45, 2.75) is 25.2 Å². The first kappa shape index (κ1) is 14.7. The van der Waals surface area contributed by atoms with Crippen molar-refractivity contribution in [1.82, 2.24) is 9.88 Å². The van der Waals surface area contributed by atoms with Gasteiger partial charge in [0.25, 0.3) is 0 Å². The molecule has 1 aromatic heterocycles. The highest BCUT2D eigenvalue weighted by Crippen LogP contribution is 2.39. The van der Waals surface area contributed by atoms with Crippen LogP contribution in [-0.2, 0) is 11.2 Å². The number of aromatic nitrogens is 1. The van der Waals surface area contributed by atoms with Crippen LogP contribution in [0.25, 0.3) is 0 Å². The van der Waals surface area contributed by atoms with Gasteiger partial charge in [-0.3, -0.25) is 9.69 Å². The number of thiazole rings is 1. The second-order valence-corrected chi connectivity index (χ2v) is 6.70. The predicted octanol–water partition coefficient (Wildman–Crippen LogP) is 0.762. The van der Waals surface area contributed by atoms with E-state index in [1.54, 1.807) is 11.3 Å². The molecule has 0 amide bonds. The molecule has 1 atom stereocenters. The molecule has 1 aliphatic carbocycles. The number of aliphatic hydroxyl groups excluding tert-OH is 1. The Kier molecular flexibility index (Phi) is 4.42. The van der Waals surface area contributed by atoms with Crippen molar-refractivity contribution in [2.75, 3.05) is 44.2 Å². The van der Waals surface area contributed by atoms with E-state index in [0.717, 1.165) is 61.3 Å². The Balaban J connectivity index is 1.71. The highest BCUT2D eigenvalue weighted by atomic mass is 32.1. The van der Waals surface area contributed by atoms with Gasteiger partial charge in [-0.25, -0.2) is 4.98 Å². The number of β-amino-alcohol motifs (C(OH)–C–C–N with tert-alkyl or cyclic N) is 1. The molecule has 6 nitrogen and oxygen atoms in total. The highest BCUT2D eigenvalue weighted by molar-refractivity contribution is 7.15. The Morgan fingerprint density at radius 2 is 2.19 bits per heavy atom. The SMILES string of the molecule is O=C(O)C1CCc2sc(N3CCCN(CCO)CC3)nc21. The van der Waals surface area contributed by atoms with E-state index >= 15 is 0 Å². The molecule has 3 rings (SSSR count). The minimum Gasteiger partial charge on any atom is -0.481 e. The van der Waals surface area contributed by atoms with Crippen LogP contribution in [0, 0.1) is 0 Å². The quantitative estimate of drug-likeness (QED) is 0.855. The maximum Gasteiger partial charge on any atom is 0.312 e. The summed E-state index contributed by atoms with van der Waals surface area (Å²) in [6.45, 7) is 4.69. The molecule has 0 radical (unpaired) electrons. The topological polar surface area (TPSA) is 76.9 Å². The van der Waals surface area contributed by atoms with Crippen molar-refractivity contribution >= 4 is 22.4 Å². The van der Waals surface area contributed by atoms with Crippen LogP contribution in [0.15, 0.2) is 0 Å². The Labute approximate surface area is 128 Å². The number of aliphatic hydroxyl groups is 1. The molecular formula is C14H21N3O3S. The highest BCUT2D eigenvalue weighted by Gasteiger charge is 2.33. The van der Waals surface area contributed by atoms with Crippen LogP contribution in [0.2, 0.25) is 0 Å². The van der Waals surface area contributed by atoms with Gasteiger partial charge in [-0.1, -0.05) is 0 Å². The number of anilines is 1. The van der Waals surface area contributed by atoms with E-state index in [-0.39, 0.29) is 6.61 Å². The molecule has 0 bridgehead atoms. The summed E-state index contributed by atoms with van der Waals surface area (Å²) in [6.07, 6.45) is 2.58. The average Bonchev–Trinajstić information content (AvgIpc) is 2.94. The third kappa shape index (κ3) is 3.04. The lowest BCUT2D eigenvalue weighted by atomic mass is 10.1. The summed E-state index contributed by atoms with van der Waals surface area (Å²) < 4.78 is 0. The standard InChI is InChI=1S/C14H21N3O3S/c18-9-8-16-4-1-5-17(7-6-16)14-15-12-10(13(19)20)2-3-11(12)21-14/h10,18H,1-9H2,(H,19,20). The minimum atomic E-state index is -0.754. The lowest BCUT2D eigenvalue weighted by molar-refractivity contribution is -0.138. The molecule has 116 valence electrons. The fourth-order valence-corrected chi connectivity index (χ4v) is 4.31. The van der Waals surface area contributed by atoms with E-state index in [4.69, 9.17) is 5.11 Å². The summed E-state index contributed by atoms with van der Waals surface area (Å²) >= 11 is 1.66. The molecule has 2 aliphatic rings. The van der Waals surface area contributed by atoms with E-state index < -0.39 is 11.9 Å². The molecule has 1 aliphatic heterocycles. The van der Waals surface area contributed by atoms with Crippen LogP contribution in [-0.4, -0.2) is 65.4 Å². The van der Waals surface area contributed by atoms with Crippen molar-refractivity contribution in [3.8, 4) is 0 Å². The zero-order chi connectivity index (χ0) is 14.8. The van der Waals surface area contributed by atoms with Gasteiger partial charge in [-0.05, 0) is 25.8 Å². The van der Waals surface area contributed by atoms with Crippen LogP contribution in [0.5, 0.6) is 0 Å². The van der Waals surface area contributed by atoms with Gasteiger partial charge in [0.05, 0.1) is 12.3 Å². The number of hydrogen-bond acceptors (Lipinski definition) is 6. The summed E-state index contributed by atoms with van der Waals surface area (Å²) in [6, 6.07) is 0. The van der Waals surface area contributed by atoms with Crippen molar-refractivity contribution in [3.63, 3.8) is 0 Å². The van der Waals surface area contributed by atoms with E-state index in [0.29, 0.717) is 6.42 Å². The third-order valence-electron chi connectivity index (χ3n) is 4.28. The van der Waals surface area contributed by atoms with E-state index in [2.05, 4.69) is 14.8 Å². The molecule has 1 unspecified atom stereocenters. The molecule has 1 fully saturated rings. The van der Waals surface area contributed by atoms with E-state index in [9.17, 15) is 9.90 Å². The zero-order valence-corrected chi connectivity index (χ0v) is 12.8. The monoisotopic (exact) mass is 311 g/mol. The number of aliphatic carboxylic acids is 1. The van der Waals surface area contributed by atoms with Crippen LogP contribution < -0.4 is 4.90 Å². The number of carboxylic acid groups (broad SMARTS) is 1. The van der Waals surface area contributed by atoms with Gasteiger partial charge in [0.15, 0.2) is 5.13 Å². The van der Waals surface area contributed by atoms with Crippen LogP contribution in [0.3, 0.4) is 0 Å². The van der Waals surface area contributed by atoms with Gasteiger partial charge in [0.2, 0.25) is 0 Å². The molecule has 7 heteroatoms. The van der Waals surface area contributed by atoms with Crippen LogP contribution in [0.1, 0.15) is 29.3 Å². The molecule has 0 spiro atoms. The molecule has 2 N–H and O–H groups in total. The van der Waals surface area contributed by atoms with E-state index in [1.165, 1.54) is 0 Å². The summed E-state index contributed by atoms with van der Waals surface area (Å²) in [5, 5.41) is 19.2. The van der Waals surface area contributed by atoms with Gasteiger partial charge in [-0.2, -0.15) is 0 Å². The van der Waals surface area contributed by atoms with E-state index in [1.807, 2.05) is 0 Å². The lowest BCUT2D eigenvalue weighted by Crippen LogP contribution is -2.32. The van der Waals surface area contributed by atoms with Gasteiger partial charge < -0.3 is 15.1 Å². The first-order valence-corrected chi connectivity index (χ1v) is 8.31. The van der Waals surface area contributed by atoms with Crippen LogP contribution >= 0.6 is 11.3 Å². The summed E-state index contributed by atoms with van der Waals surface area (Å²) in [5.74, 6) is -1.17. The number of aryl methyl sites for hydroxylation is 1. The van der Waals surface area contributed by atoms with Crippen molar-refractivity contribution in [2.24, 2.45) is 0 Å². The molecule has 0 saturated carbocycles. The van der Waals surface area contributed by atoms with Gasteiger partial charge in [0.1, 0.15) is 5.92 Å². The van der Waals surface area contributed by atoms with Gasteiger partial charge in [0, 0.05) is 31.1 Å². The Hall–Kier alpha value is -1.18. The second-order valence-electron chi connectivity index (χ2n) is 5.64. The smallest absolute Gasteiger partial charge is 0.312 e. The second kappa shape index (κ2) is 6.29. The Morgan fingerprint density at radius 3 is 2.95 bits per heavy atom. The third-order valence-corrected chi connectivity index (χ3v) is 5.47. The predicted molar refractivity (Wildman–Crippen MR) is 81.2 cm³/mol. The molecular weight excluding hydrogens is 290 g/mol. The minimum absolute atomic E-state index is 0.200. The van der Waals surface area contributed by atoms with Crippen LogP contribution in [0.4, 0.5) is 5.13 Å². The number of nitrogens with zero attached hydrogens (tertiary/aromatic N) is 3. The number of carbonyl (C=O) groups is 1. The molecule has 0 aromatic carbocycles. The first-order chi connectivity index (χ1) is 10.2. The normalized spacial score (nSPS) is 23.1. The summed E-state index contributed by atoms with van der Waals surface area (Å²) in [7, 11) is 0. The summed E-state index contributed by atoms with van der Waals surface area (Å²) in [4.78, 5) is 21.5. The lowest BCUT2D eigenvalue weighted by Gasteiger charge is -2.20. The first-order valence-electron chi connectivity index (χ1n) is 7.49. The maximum absolute atomic E-state index is 11.2. The van der Waals surface area contributed by atoms with Crippen molar-refractivity contribution in [3.05, 3.63) is 10.6 Å². The number of fused-ring (bicyclic) bond motifs is 1. The Morgan fingerprint density at radius 1 is 1.33 bits per heavy atom. The number of rotatable bonds is 4.